The van der Waals surface area contributed by atoms with Crippen LogP contribution >= 0.6 is 15.9 Å². The van der Waals surface area contributed by atoms with Crippen molar-refractivity contribution in [2.24, 2.45) is 0 Å². The summed E-state index contributed by atoms with van der Waals surface area (Å²) >= 11 is 3.44. The number of aryl methyl sites for hydroxylation is 1. The summed E-state index contributed by atoms with van der Waals surface area (Å²) in [6.07, 6.45) is 1.39. The van der Waals surface area contributed by atoms with Crippen LogP contribution in [-0.2, 0) is 21.4 Å². The molecule has 3 aromatic carbocycles. The fourth-order valence-corrected chi connectivity index (χ4v) is 4.80. The SMILES string of the molecule is Cc1noc(-c2ccc(-c3ccc(C4(C(=O)O)CC4)cc3)cc2)c1NC(=O)OCCc1cccc(Br)c1. The van der Waals surface area contributed by atoms with Gasteiger partial charge in [-0.05, 0) is 54.2 Å². The van der Waals surface area contributed by atoms with Gasteiger partial charge >= 0.3 is 12.1 Å². The van der Waals surface area contributed by atoms with Crippen molar-refractivity contribution in [3.8, 4) is 22.5 Å². The summed E-state index contributed by atoms with van der Waals surface area (Å²) in [6.45, 7) is 1.99. The number of halogens is 1. The van der Waals surface area contributed by atoms with Crippen LogP contribution in [0.25, 0.3) is 22.5 Å². The summed E-state index contributed by atoms with van der Waals surface area (Å²) in [4.78, 5) is 24.0. The van der Waals surface area contributed by atoms with Crippen LogP contribution < -0.4 is 5.32 Å². The minimum absolute atomic E-state index is 0.239. The first-order valence-electron chi connectivity index (χ1n) is 11.9. The fourth-order valence-electron chi connectivity index (χ4n) is 4.35. The second kappa shape index (κ2) is 10.2. The molecule has 0 saturated heterocycles. The number of ether oxygens (including phenoxy) is 1. The number of anilines is 1. The fraction of sp³-hybridized carbons (Fsp3) is 0.207. The standard InChI is InChI=1S/C29H25BrN2O5/c1-18-25(31-28(35)36-16-13-19-3-2-4-24(30)17-19)26(37-32-18)22-7-5-20(6-8-22)21-9-11-23(12-10-21)29(14-15-29)27(33)34/h2-12,17H,13-16H2,1H3,(H,31,35)(H,33,34). The lowest BCUT2D eigenvalue weighted by atomic mass is 9.93. The molecule has 1 saturated carbocycles. The molecule has 0 aliphatic heterocycles. The maximum absolute atomic E-state index is 12.4. The average Bonchev–Trinajstić information content (AvgIpc) is 3.64. The van der Waals surface area contributed by atoms with Crippen LogP contribution in [0.15, 0.2) is 81.8 Å². The maximum Gasteiger partial charge on any atom is 0.411 e. The molecule has 7 nitrogen and oxygen atoms in total. The molecular formula is C29H25BrN2O5. The monoisotopic (exact) mass is 560 g/mol. The highest BCUT2D eigenvalue weighted by Gasteiger charge is 2.51. The smallest absolute Gasteiger partial charge is 0.411 e. The van der Waals surface area contributed by atoms with E-state index in [2.05, 4.69) is 26.4 Å². The van der Waals surface area contributed by atoms with Gasteiger partial charge in [-0.15, -0.1) is 0 Å². The molecule has 4 aromatic rings. The topological polar surface area (TPSA) is 102 Å². The van der Waals surface area contributed by atoms with Gasteiger partial charge < -0.3 is 14.4 Å². The average molecular weight is 561 g/mol. The van der Waals surface area contributed by atoms with Crippen LogP contribution in [0, 0.1) is 6.92 Å². The summed E-state index contributed by atoms with van der Waals surface area (Å²) < 4.78 is 11.9. The number of hydrogen-bond acceptors (Lipinski definition) is 5. The van der Waals surface area contributed by atoms with E-state index in [9.17, 15) is 14.7 Å². The number of hydrogen-bond donors (Lipinski definition) is 2. The first-order valence-corrected chi connectivity index (χ1v) is 12.7. The van der Waals surface area contributed by atoms with Gasteiger partial charge in [0, 0.05) is 16.5 Å². The molecule has 1 aliphatic rings. The number of aromatic nitrogens is 1. The molecule has 188 valence electrons. The quantitative estimate of drug-likeness (QED) is 0.241. The van der Waals surface area contributed by atoms with Crippen LogP contribution in [-0.4, -0.2) is 28.9 Å². The van der Waals surface area contributed by atoms with Crippen LogP contribution in [0.1, 0.15) is 29.7 Å². The van der Waals surface area contributed by atoms with E-state index in [1.54, 1.807) is 6.92 Å². The van der Waals surface area contributed by atoms with Crippen LogP contribution in [0.3, 0.4) is 0 Å². The third-order valence-electron chi connectivity index (χ3n) is 6.68. The number of carbonyl (C=O) groups is 2. The minimum atomic E-state index is -0.760. The number of nitrogens with zero attached hydrogens (tertiary/aromatic N) is 1. The molecule has 8 heteroatoms. The summed E-state index contributed by atoms with van der Waals surface area (Å²) in [7, 11) is 0. The van der Waals surface area contributed by atoms with Crippen molar-refractivity contribution in [2.75, 3.05) is 11.9 Å². The Morgan fingerprint density at radius 1 is 1.03 bits per heavy atom. The Hall–Kier alpha value is -3.91. The van der Waals surface area contributed by atoms with Gasteiger partial charge in [0.05, 0.1) is 12.0 Å². The van der Waals surface area contributed by atoms with Gasteiger partial charge in [-0.3, -0.25) is 10.1 Å². The van der Waals surface area contributed by atoms with Gasteiger partial charge in [-0.2, -0.15) is 0 Å². The van der Waals surface area contributed by atoms with Crippen LogP contribution in [0.2, 0.25) is 0 Å². The van der Waals surface area contributed by atoms with Crippen molar-refractivity contribution in [2.45, 2.75) is 31.6 Å². The second-order valence-electron chi connectivity index (χ2n) is 9.15. The molecule has 0 bridgehead atoms. The highest BCUT2D eigenvalue weighted by atomic mass is 79.9. The third-order valence-corrected chi connectivity index (χ3v) is 7.17. The first-order chi connectivity index (χ1) is 17.9. The van der Waals surface area contributed by atoms with E-state index < -0.39 is 17.5 Å². The summed E-state index contributed by atoms with van der Waals surface area (Å²) in [5, 5.41) is 16.3. The zero-order valence-corrected chi connectivity index (χ0v) is 21.7. The number of amides is 1. The van der Waals surface area contributed by atoms with Gasteiger partial charge in [0.1, 0.15) is 11.4 Å². The molecule has 1 aliphatic carbocycles. The molecule has 0 atom stereocenters. The molecule has 1 fully saturated rings. The second-order valence-corrected chi connectivity index (χ2v) is 10.1. The third kappa shape index (κ3) is 5.29. The zero-order valence-electron chi connectivity index (χ0n) is 20.2. The van der Waals surface area contributed by atoms with E-state index in [1.165, 1.54) is 0 Å². The van der Waals surface area contributed by atoms with E-state index >= 15 is 0 Å². The lowest BCUT2D eigenvalue weighted by Crippen LogP contribution is -2.19. The Labute approximate surface area is 222 Å². The molecule has 0 radical (unpaired) electrons. The molecule has 0 unspecified atom stereocenters. The summed E-state index contributed by atoms with van der Waals surface area (Å²) in [6, 6.07) is 23.2. The molecule has 0 spiro atoms. The molecular weight excluding hydrogens is 536 g/mol. The largest absolute Gasteiger partial charge is 0.481 e. The van der Waals surface area contributed by atoms with Gasteiger partial charge in [0.15, 0.2) is 5.76 Å². The van der Waals surface area contributed by atoms with E-state index in [1.807, 2.05) is 72.8 Å². The number of carbonyl (C=O) groups excluding carboxylic acids is 1. The maximum atomic E-state index is 12.4. The normalized spacial score (nSPS) is 13.7. The Bertz CT molecular complexity index is 1440. The van der Waals surface area contributed by atoms with E-state index in [4.69, 9.17) is 9.26 Å². The van der Waals surface area contributed by atoms with Crippen molar-refractivity contribution in [3.63, 3.8) is 0 Å². The highest BCUT2D eigenvalue weighted by molar-refractivity contribution is 9.10. The number of aliphatic carboxylic acids is 1. The summed E-state index contributed by atoms with van der Waals surface area (Å²) in [5.74, 6) is -0.315. The zero-order chi connectivity index (χ0) is 26.0. The number of carboxylic acid groups (broad SMARTS) is 1. The van der Waals surface area contributed by atoms with Crippen molar-refractivity contribution < 1.29 is 24.0 Å². The highest BCUT2D eigenvalue weighted by Crippen LogP contribution is 2.48. The lowest BCUT2D eigenvalue weighted by molar-refractivity contribution is -0.140. The minimum Gasteiger partial charge on any atom is -0.481 e. The van der Waals surface area contributed by atoms with E-state index in [0.29, 0.717) is 36.4 Å². The Kier molecular flexibility index (Phi) is 6.84. The number of benzene rings is 3. The van der Waals surface area contributed by atoms with Gasteiger partial charge in [0.25, 0.3) is 0 Å². The predicted octanol–water partition coefficient (Wildman–Crippen LogP) is 6.99. The molecule has 1 heterocycles. The van der Waals surface area contributed by atoms with Gasteiger partial charge in [0.2, 0.25) is 0 Å². The van der Waals surface area contributed by atoms with Crippen molar-refractivity contribution in [3.05, 3.63) is 94.1 Å². The summed E-state index contributed by atoms with van der Waals surface area (Å²) in [5.41, 5.74) is 4.93. The van der Waals surface area contributed by atoms with Crippen molar-refractivity contribution in [1.29, 1.82) is 0 Å². The molecule has 37 heavy (non-hydrogen) atoms. The number of rotatable bonds is 8. The number of carboxylic acids is 1. The predicted molar refractivity (Wildman–Crippen MR) is 143 cm³/mol. The molecule has 5 rings (SSSR count). The van der Waals surface area contributed by atoms with E-state index in [-0.39, 0.29) is 6.61 Å². The van der Waals surface area contributed by atoms with Crippen molar-refractivity contribution in [1.82, 2.24) is 5.16 Å². The van der Waals surface area contributed by atoms with Gasteiger partial charge in [-0.1, -0.05) is 81.8 Å². The lowest BCUT2D eigenvalue weighted by Gasteiger charge is -2.11. The molecule has 1 amide bonds. The Morgan fingerprint density at radius 2 is 1.68 bits per heavy atom. The Morgan fingerprint density at radius 3 is 2.30 bits per heavy atom. The molecule has 2 N–H and O–H groups in total. The Balaban J connectivity index is 1.24. The van der Waals surface area contributed by atoms with Gasteiger partial charge in [-0.25, -0.2) is 4.79 Å². The van der Waals surface area contributed by atoms with E-state index in [0.717, 1.165) is 32.3 Å². The molecule has 1 aromatic heterocycles. The van der Waals surface area contributed by atoms with Crippen molar-refractivity contribution >= 4 is 33.7 Å². The van der Waals surface area contributed by atoms with Crippen LogP contribution in [0.4, 0.5) is 10.5 Å². The number of nitrogens with one attached hydrogen (secondary N) is 1. The van der Waals surface area contributed by atoms with Crippen LogP contribution in [0.5, 0.6) is 0 Å². The first kappa shape index (κ1) is 24.8.